The van der Waals surface area contributed by atoms with Crippen molar-refractivity contribution in [3.8, 4) is 0 Å². The minimum absolute atomic E-state index is 0.0423. The van der Waals surface area contributed by atoms with Crippen molar-refractivity contribution in [3.63, 3.8) is 0 Å². The van der Waals surface area contributed by atoms with Crippen molar-refractivity contribution in [2.24, 2.45) is 7.05 Å². The molecule has 0 radical (unpaired) electrons. The molecule has 2 aromatic heterocycles. The molecule has 1 N–H and O–H groups in total. The molecule has 0 aliphatic carbocycles. The maximum absolute atomic E-state index is 13.4. The monoisotopic (exact) mass is 445 g/mol. The number of likely N-dealkylation sites (tertiary alicyclic amines) is 1. The van der Waals surface area contributed by atoms with Crippen LogP contribution in [0.4, 0.5) is 5.69 Å². The molecule has 2 aliphatic rings. The molecule has 2 amide bonds. The van der Waals surface area contributed by atoms with E-state index in [0.29, 0.717) is 25.1 Å². The van der Waals surface area contributed by atoms with Crippen LogP contribution in [0.5, 0.6) is 0 Å². The van der Waals surface area contributed by atoms with Crippen LogP contribution in [-0.4, -0.2) is 59.0 Å². The molecule has 0 atom stereocenters. The molecule has 1 aromatic carbocycles. The molecular weight excluding hydrogens is 414 g/mol. The summed E-state index contributed by atoms with van der Waals surface area (Å²) >= 11 is 0. The van der Waals surface area contributed by atoms with E-state index in [1.54, 1.807) is 6.20 Å². The van der Waals surface area contributed by atoms with Crippen LogP contribution in [0.2, 0.25) is 0 Å². The first-order valence-corrected chi connectivity index (χ1v) is 11.9. The summed E-state index contributed by atoms with van der Waals surface area (Å²) in [6.07, 6.45) is 8.19. The van der Waals surface area contributed by atoms with Gasteiger partial charge >= 0.3 is 0 Å². The highest BCUT2D eigenvalue weighted by molar-refractivity contribution is 6.00. The van der Waals surface area contributed by atoms with E-state index < -0.39 is 0 Å². The van der Waals surface area contributed by atoms with E-state index in [1.165, 1.54) is 12.8 Å². The number of hydrogen-bond donors (Lipinski definition) is 1. The van der Waals surface area contributed by atoms with Gasteiger partial charge in [-0.25, -0.2) is 0 Å². The van der Waals surface area contributed by atoms with Gasteiger partial charge in [0, 0.05) is 50.0 Å². The number of fused-ring (bicyclic) bond motifs is 2. The minimum Gasteiger partial charge on any atom is -0.351 e. The molecule has 0 unspecified atom stereocenters. The zero-order valence-corrected chi connectivity index (χ0v) is 19.2. The predicted octanol–water partition coefficient (Wildman–Crippen LogP) is 2.92. The predicted molar refractivity (Wildman–Crippen MR) is 130 cm³/mol. The first kappa shape index (κ1) is 21.6. The van der Waals surface area contributed by atoms with Gasteiger partial charge in [-0.05, 0) is 56.5 Å². The fourth-order valence-electron chi connectivity index (χ4n) is 5.08. The van der Waals surface area contributed by atoms with Crippen LogP contribution in [0.3, 0.4) is 0 Å². The molecule has 7 nitrogen and oxygen atoms in total. The Hall–Kier alpha value is -3.19. The third kappa shape index (κ3) is 4.50. The summed E-state index contributed by atoms with van der Waals surface area (Å²) in [7, 11) is 2.01. The standard InChI is InChI=1S/C26H31N5O2/c1-29-18-20(21-7-2-3-9-23(21)29)16-25(32)31-13-6-8-22-24(31)15-19(17-28-22)26(33)27-10-14-30-11-4-5-12-30/h2-3,7,9,15,17-18H,4-6,8,10-14,16H2,1H3,(H,27,33). The van der Waals surface area contributed by atoms with Crippen molar-refractivity contribution in [3.05, 3.63) is 59.5 Å². The lowest BCUT2D eigenvalue weighted by Gasteiger charge is -2.29. The van der Waals surface area contributed by atoms with Gasteiger partial charge in [0.25, 0.3) is 5.91 Å². The first-order chi connectivity index (χ1) is 16.1. The fourth-order valence-corrected chi connectivity index (χ4v) is 5.08. The average Bonchev–Trinajstić information content (AvgIpc) is 3.46. The van der Waals surface area contributed by atoms with Gasteiger partial charge in [0.2, 0.25) is 5.91 Å². The number of para-hydroxylation sites is 1. The molecule has 2 aliphatic heterocycles. The Bertz CT molecular complexity index is 1180. The number of rotatable bonds is 6. The van der Waals surface area contributed by atoms with Gasteiger partial charge in [-0.15, -0.1) is 0 Å². The van der Waals surface area contributed by atoms with E-state index >= 15 is 0 Å². The highest BCUT2D eigenvalue weighted by Gasteiger charge is 2.26. The Kier molecular flexibility index (Phi) is 6.13. The maximum atomic E-state index is 13.4. The van der Waals surface area contributed by atoms with Crippen LogP contribution in [0, 0.1) is 0 Å². The molecule has 1 saturated heterocycles. The Labute approximate surface area is 194 Å². The summed E-state index contributed by atoms with van der Waals surface area (Å²) < 4.78 is 2.06. The van der Waals surface area contributed by atoms with E-state index in [2.05, 4.69) is 31.9 Å². The number of aromatic nitrogens is 2. The summed E-state index contributed by atoms with van der Waals surface area (Å²) in [6.45, 7) is 4.38. The third-order valence-electron chi connectivity index (χ3n) is 6.83. The van der Waals surface area contributed by atoms with E-state index in [1.807, 2.05) is 36.3 Å². The number of anilines is 1. The van der Waals surface area contributed by atoms with Gasteiger partial charge in [0.1, 0.15) is 0 Å². The highest BCUT2D eigenvalue weighted by Crippen LogP contribution is 2.28. The van der Waals surface area contributed by atoms with Gasteiger partial charge in [-0.3, -0.25) is 14.6 Å². The van der Waals surface area contributed by atoms with Crippen LogP contribution < -0.4 is 10.2 Å². The average molecular weight is 446 g/mol. The SMILES string of the molecule is Cn1cc(CC(=O)N2CCCc3ncc(C(=O)NCCN4CCCC4)cc32)c2ccccc21. The quantitative estimate of drug-likeness (QED) is 0.633. The fraction of sp³-hybridized carbons (Fsp3) is 0.423. The number of carbonyl (C=O) groups excluding carboxylic acids is 2. The van der Waals surface area contributed by atoms with Crippen molar-refractivity contribution in [2.75, 3.05) is 37.6 Å². The van der Waals surface area contributed by atoms with Crippen LogP contribution in [0.25, 0.3) is 10.9 Å². The summed E-state index contributed by atoms with van der Waals surface area (Å²) in [5, 5.41) is 4.12. The van der Waals surface area contributed by atoms with Gasteiger partial charge in [0.15, 0.2) is 0 Å². The second-order valence-corrected chi connectivity index (χ2v) is 9.10. The summed E-state index contributed by atoms with van der Waals surface area (Å²) in [5.41, 5.74) is 4.32. The van der Waals surface area contributed by atoms with E-state index in [4.69, 9.17) is 0 Å². The van der Waals surface area contributed by atoms with Crippen LogP contribution in [0.15, 0.2) is 42.7 Å². The summed E-state index contributed by atoms with van der Waals surface area (Å²) in [6, 6.07) is 9.99. The molecule has 0 saturated carbocycles. The van der Waals surface area contributed by atoms with Crippen molar-refractivity contribution >= 4 is 28.4 Å². The second-order valence-electron chi connectivity index (χ2n) is 9.10. The van der Waals surface area contributed by atoms with Crippen LogP contribution >= 0.6 is 0 Å². The number of carbonyl (C=O) groups is 2. The number of nitrogens with zero attached hydrogens (tertiary/aromatic N) is 4. The zero-order valence-electron chi connectivity index (χ0n) is 19.2. The topological polar surface area (TPSA) is 70.5 Å². The zero-order chi connectivity index (χ0) is 22.8. The highest BCUT2D eigenvalue weighted by atomic mass is 16.2. The molecule has 7 heteroatoms. The third-order valence-corrected chi connectivity index (χ3v) is 6.83. The molecule has 0 spiro atoms. The van der Waals surface area contributed by atoms with E-state index in [0.717, 1.165) is 60.3 Å². The van der Waals surface area contributed by atoms with Gasteiger partial charge < -0.3 is 19.7 Å². The number of nitrogens with one attached hydrogen (secondary N) is 1. The van der Waals surface area contributed by atoms with Gasteiger partial charge in [-0.1, -0.05) is 18.2 Å². The lowest BCUT2D eigenvalue weighted by molar-refractivity contribution is -0.118. The summed E-state index contributed by atoms with van der Waals surface area (Å²) in [5.74, 6) is -0.0859. The largest absolute Gasteiger partial charge is 0.351 e. The number of aryl methyl sites for hydroxylation is 2. The van der Waals surface area contributed by atoms with Crippen LogP contribution in [0.1, 0.15) is 40.9 Å². The normalized spacial score (nSPS) is 16.2. The lowest BCUT2D eigenvalue weighted by Crippen LogP contribution is -2.37. The van der Waals surface area contributed by atoms with E-state index in [9.17, 15) is 9.59 Å². The molecule has 4 heterocycles. The van der Waals surface area contributed by atoms with Gasteiger partial charge in [-0.2, -0.15) is 0 Å². The number of hydrogen-bond acceptors (Lipinski definition) is 4. The molecule has 1 fully saturated rings. The Balaban J connectivity index is 1.31. The molecule has 3 aromatic rings. The molecule has 172 valence electrons. The van der Waals surface area contributed by atoms with Crippen molar-refractivity contribution in [1.82, 2.24) is 19.8 Å². The Morgan fingerprint density at radius 1 is 1.09 bits per heavy atom. The second kappa shape index (κ2) is 9.35. The number of amides is 2. The minimum atomic E-state index is -0.128. The first-order valence-electron chi connectivity index (χ1n) is 11.9. The van der Waals surface area contributed by atoms with Crippen molar-refractivity contribution in [1.29, 1.82) is 0 Å². The number of benzene rings is 1. The molecule has 0 bridgehead atoms. The summed E-state index contributed by atoms with van der Waals surface area (Å²) in [4.78, 5) is 34.8. The van der Waals surface area contributed by atoms with Crippen molar-refractivity contribution < 1.29 is 9.59 Å². The van der Waals surface area contributed by atoms with Crippen LogP contribution in [-0.2, 0) is 24.7 Å². The molecular formula is C26H31N5O2. The van der Waals surface area contributed by atoms with Gasteiger partial charge in [0.05, 0.1) is 23.4 Å². The maximum Gasteiger partial charge on any atom is 0.252 e. The number of pyridine rings is 1. The Morgan fingerprint density at radius 2 is 1.91 bits per heavy atom. The van der Waals surface area contributed by atoms with E-state index in [-0.39, 0.29) is 11.8 Å². The smallest absolute Gasteiger partial charge is 0.252 e. The lowest BCUT2D eigenvalue weighted by atomic mass is 10.0. The Morgan fingerprint density at radius 3 is 2.76 bits per heavy atom. The molecule has 5 rings (SSSR count). The van der Waals surface area contributed by atoms with Crippen molar-refractivity contribution in [2.45, 2.75) is 32.1 Å². The molecule has 33 heavy (non-hydrogen) atoms.